The van der Waals surface area contributed by atoms with Gasteiger partial charge >= 0.3 is 0 Å². The van der Waals surface area contributed by atoms with Crippen LogP contribution >= 0.6 is 0 Å². The minimum absolute atomic E-state index is 0.0108. The van der Waals surface area contributed by atoms with Crippen LogP contribution in [0.25, 0.3) is 0 Å². The first-order valence-electron chi connectivity index (χ1n) is 12.1. The maximum atomic E-state index is 13.5. The van der Waals surface area contributed by atoms with Gasteiger partial charge in [0.15, 0.2) is 0 Å². The van der Waals surface area contributed by atoms with Crippen LogP contribution in [0.2, 0.25) is 0 Å². The molecule has 2 aromatic carbocycles. The van der Waals surface area contributed by atoms with E-state index in [2.05, 4.69) is 51.6 Å². The van der Waals surface area contributed by atoms with Crippen molar-refractivity contribution in [1.29, 1.82) is 0 Å². The van der Waals surface area contributed by atoms with Crippen molar-refractivity contribution < 1.29 is 9.59 Å². The lowest BCUT2D eigenvalue weighted by molar-refractivity contribution is -0.133. The summed E-state index contributed by atoms with van der Waals surface area (Å²) in [6.45, 7) is 2.82. The summed E-state index contributed by atoms with van der Waals surface area (Å²) in [5.74, 6) is -0.0840. The smallest absolute Gasteiger partial charge is 0.245 e. The molecule has 1 N–H and O–H groups in total. The molecule has 1 unspecified atom stereocenters. The van der Waals surface area contributed by atoms with Gasteiger partial charge in [-0.15, -0.1) is 0 Å². The Bertz CT molecular complexity index is 1110. The number of nitrogens with zero attached hydrogens (tertiary/aromatic N) is 4. The van der Waals surface area contributed by atoms with E-state index >= 15 is 0 Å². The Kier molecular flexibility index (Phi) is 6.60. The molecule has 0 aliphatic carbocycles. The second-order valence-electron chi connectivity index (χ2n) is 9.21. The van der Waals surface area contributed by atoms with Crippen molar-refractivity contribution in [2.75, 3.05) is 24.5 Å². The van der Waals surface area contributed by atoms with Crippen LogP contribution < -0.4 is 10.2 Å². The standard InChI is InChI=1S/C27H31N5O2/c33-26-13-15-31(19-24-12-7-14-32(24)23-10-5-2-6-11-23)27(34)25(29-26)16-22-18-30(20-28-22)17-21-8-3-1-4-9-21/h1-6,8-11,18,20,24-25H,7,12-17,19H2,(H,29,33)/t24?,25-/m0/s1. The highest BCUT2D eigenvalue weighted by atomic mass is 16.2. The van der Waals surface area contributed by atoms with E-state index in [9.17, 15) is 9.59 Å². The second-order valence-corrected chi connectivity index (χ2v) is 9.21. The number of hydrogen-bond acceptors (Lipinski definition) is 4. The van der Waals surface area contributed by atoms with E-state index in [0.717, 1.165) is 31.6 Å². The molecule has 2 aliphatic rings. The van der Waals surface area contributed by atoms with Gasteiger partial charge in [0, 0.05) is 56.9 Å². The third-order valence-corrected chi connectivity index (χ3v) is 6.76. The molecule has 0 spiro atoms. The molecular formula is C27H31N5O2. The number of para-hydroxylation sites is 1. The molecule has 1 aromatic heterocycles. The number of aromatic nitrogens is 2. The van der Waals surface area contributed by atoms with Crippen LogP contribution in [0.1, 0.15) is 30.5 Å². The maximum Gasteiger partial charge on any atom is 0.245 e. The summed E-state index contributed by atoms with van der Waals surface area (Å²) in [5, 5.41) is 2.94. The zero-order valence-corrected chi connectivity index (χ0v) is 19.3. The van der Waals surface area contributed by atoms with Crippen LogP contribution in [-0.2, 0) is 22.6 Å². The Morgan fingerprint density at radius 3 is 2.53 bits per heavy atom. The fraction of sp³-hybridized carbons (Fsp3) is 0.370. The highest BCUT2D eigenvalue weighted by Crippen LogP contribution is 2.26. The largest absolute Gasteiger partial charge is 0.367 e. The molecule has 34 heavy (non-hydrogen) atoms. The number of hydrogen-bond donors (Lipinski definition) is 1. The number of carbonyl (C=O) groups excluding carboxylic acids is 2. The third-order valence-electron chi connectivity index (χ3n) is 6.76. The summed E-state index contributed by atoms with van der Waals surface area (Å²) in [6.07, 6.45) is 6.66. The van der Waals surface area contributed by atoms with Crippen molar-refractivity contribution >= 4 is 17.5 Å². The molecule has 2 amide bonds. The summed E-state index contributed by atoms with van der Waals surface area (Å²) in [7, 11) is 0. The molecule has 2 aliphatic heterocycles. The Balaban J connectivity index is 1.26. The van der Waals surface area contributed by atoms with Crippen LogP contribution in [0, 0.1) is 0 Å². The Morgan fingerprint density at radius 2 is 1.74 bits per heavy atom. The van der Waals surface area contributed by atoms with Crippen LogP contribution in [0.5, 0.6) is 0 Å². The first kappa shape index (κ1) is 22.2. The molecule has 0 saturated carbocycles. The average Bonchev–Trinajstić information content (AvgIpc) is 3.48. The normalized spacial score (nSPS) is 20.9. The Hall–Kier alpha value is -3.61. The number of rotatable bonds is 7. The van der Waals surface area contributed by atoms with Crippen LogP contribution in [0.4, 0.5) is 5.69 Å². The van der Waals surface area contributed by atoms with E-state index in [1.54, 1.807) is 6.33 Å². The first-order chi connectivity index (χ1) is 16.7. The maximum absolute atomic E-state index is 13.5. The zero-order chi connectivity index (χ0) is 23.3. The topological polar surface area (TPSA) is 70.5 Å². The van der Waals surface area contributed by atoms with Crippen molar-refractivity contribution in [2.24, 2.45) is 0 Å². The van der Waals surface area contributed by atoms with Gasteiger partial charge in [0.05, 0.1) is 12.0 Å². The van der Waals surface area contributed by atoms with Gasteiger partial charge in [0.1, 0.15) is 6.04 Å². The van der Waals surface area contributed by atoms with Crippen molar-refractivity contribution in [1.82, 2.24) is 19.8 Å². The van der Waals surface area contributed by atoms with Crippen LogP contribution in [0.15, 0.2) is 73.2 Å². The van der Waals surface area contributed by atoms with Crippen molar-refractivity contribution in [3.63, 3.8) is 0 Å². The summed E-state index contributed by atoms with van der Waals surface area (Å²) in [4.78, 5) is 34.7. The van der Waals surface area contributed by atoms with Gasteiger partial charge in [-0.1, -0.05) is 48.5 Å². The highest BCUT2D eigenvalue weighted by molar-refractivity contribution is 5.90. The molecular weight excluding hydrogens is 426 g/mol. The number of amides is 2. The molecule has 176 valence electrons. The number of carbonyl (C=O) groups is 2. The Labute approximate surface area is 200 Å². The van der Waals surface area contributed by atoms with E-state index in [1.165, 1.54) is 11.3 Å². The summed E-state index contributed by atoms with van der Waals surface area (Å²) < 4.78 is 2.02. The summed E-state index contributed by atoms with van der Waals surface area (Å²) in [5.41, 5.74) is 3.20. The predicted molar refractivity (Wildman–Crippen MR) is 131 cm³/mol. The summed E-state index contributed by atoms with van der Waals surface area (Å²) >= 11 is 0. The molecule has 3 heterocycles. The van der Waals surface area contributed by atoms with E-state index in [-0.39, 0.29) is 17.9 Å². The number of imidazole rings is 1. The first-order valence-corrected chi connectivity index (χ1v) is 12.1. The molecule has 0 radical (unpaired) electrons. The zero-order valence-electron chi connectivity index (χ0n) is 19.3. The Morgan fingerprint density at radius 1 is 0.971 bits per heavy atom. The van der Waals surface area contributed by atoms with Crippen molar-refractivity contribution in [3.8, 4) is 0 Å². The van der Waals surface area contributed by atoms with Gasteiger partial charge in [0.25, 0.3) is 0 Å². The van der Waals surface area contributed by atoms with E-state index < -0.39 is 6.04 Å². The van der Waals surface area contributed by atoms with Crippen LogP contribution in [-0.4, -0.2) is 58.0 Å². The molecule has 7 heteroatoms. The molecule has 7 nitrogen and oxygen atoms in total. The molecule has 0 bridgehead atoms. The van der Waals surface area contributed by atoms with Gasteiger partial charge in [0.2, 0.25) is 11.8 Å². The second kappa shape index (κ2) is 10.1. The fourth-order valence-electron chi connectivity index (χ4n) is 5.06. The van der Waals surface area contributed by atoms with Gasteiger partial charge in [-0.3, -0.25) is 9.59 Å². The van der Waals surface area contributed by atoms with Crippen molar-refractivity contribution in [3.05, 3.63) is 84.4 Å². The SMILES string of the molecule is O=C1CCN(CC2CCCN2c2ccccc2)C(=O)[C@H](Cc2cn(Cc3ccccc3)cn2)N1. The molecule has 5 rings (SSSR count). The average molecular weight is 458 g/mol. The fourth-order valence-corrected chi connectivity index (χ4v) is 5.06. The molecule has 2 saturated heterocycles. The minimum atomic E-state index is -0.582. The third kappa shape index (κ3) is 5.14. The lowest BCUT2D eigenvalue weighted by atomic mass is 10.1. The lowest BCUT2D eigenvalue weighted by Crippen LogP contribution is -2.49. The number of nitrogens with one attached hydrogen (secondary N) is 1. The van der Waals surface area contributed by atoms with E-state index in [1.807, 2.05) is 39.9 Å². The predicted octanol–water partition coefficient (Wildman–Crippen LogP) is 2.86. The van der Waals surface area contributed by atoms with Crippen molar-refractivity contribution in [2.45, 2.75) is 44.3 Å². The van der Waals surface area contributed by atoms with E-state index in [0.29, 0.717) is 25.9 Å². The summed E-state index contributed by atoms with van der Waals surface area (Å²) in [6, 6.07) is 20.3. The molecule has 2 fully saturated rings. The van der Waals surface area contributed by atoms with Gasteiger partial charge in [-0.2, -0.15) is 0 Å². The molecule has 3 aromatic rings. The lowest BCUT2D eigenvalue weighted by Gasteiger charge is -2.32. The van der Waals surface area contributed by atoms with Crippen LogP contribution in [0.3, 0.4) is 0 Å². The quantitative estimate of drug-likeness (QED) is 0.592. The van der Waals surface area contributed by atoms with E-state index in [4.69, 9.17) is 0 Å². The highest BCUT2D eigenvalue weighted by Gasteiger charge is 2.34. The minimum Gasteiger partial charge on any atom is -0.367 e. The number of benzene rings is 2. The monoisotopic (exact) mass is 457 g/mol. The molecule has 2 atom stereocenters. The van der Waals surface area contributed by atoms with Gasteiger partial charge in [-0.05, 0) is 30.5 Å². The van der Waals surface area contributed by atoms with Gasteiger partial charge < -0.3 is 19.7 Å². The van der Waals surface area contributed by atoms with Gasteiger partial charge in [-0.25, -0.2) is 4.98 Å². The number of anilines is 1.